The van der Waals surface area contributed by atoms with E-state index in [0.29, 0.717) is 5.56 Å². The second-order valence-electron chi connectivity index (χ2n) is 3.53. The van der Waals surface area contributed by atoms with Gasteiger partial charge >= 0.3 is 5.24 Å². The predicted molar refractivity (Wildman–Crippen MR) is 62.1 cm³/mol. The third-order valence-corrected chi connectivity index (χ3v) is 3.44. The van der Waals surface area contributed by atoms with Crippen LogP contribution >= 0.6 is 0 Å². The topological polar surface area (TPSA) is 131 Å². The first kappa shape index (κ1) is 14.6. The first-order chi connectivity index (χ1) is 8.37. The maximum Gasteiger partial charge on any atom is 0.340 e. The minimum absolute atomic E-state index is 0.149. The predicted octanol–water partition coefficient (Wildman–Crippen LogP) is -0.770. The third-order valence-electron chi connectivity index (χ3n) is 2.14. The van der Waals surface area contributed by atoms with E-state index in [2.05, 4.69) is 4.98 Å². The smallest absolute Gasteiger partial charge is 0.340 e. The number of aromatic nitrogens is 1. The lowest BCUT2D eigenvalue weighted by molar-refractivity contribution is 0.0953. The highest BCUT2D eigenvalue weighted by Crippen LogP contribution is 2.13. The van der Waals surface area contributed by atoms with Crippen LogP contribution in [0, 0.1) is 6.42 Å². The van der Waals surface area contributed by atoms with Crippen molar-refractivity contribution < 1.29 is 23.4 Å². The number of sulfone groups is 1. The summed E-state index contributed by atoms with van der Waals surface area (Å²) in [7, 11) is -4.25. The van der Waals surface area contributed by atoms with Crippen LogP contribution in [0.15, 0.2) is 23.4 Å². The lowest BCUT2D eigenvalue weighted by atomic mass is 10.1. The molecule has 1 aromatic heterocycles. The summed E-state index contributed by atoms with van der Waals surface area (Å²) in [4.78, 5) is 14.3. The Morgan fingerprint density at radius 3 is 2.78 bits per heavy atom. The molecule has 8 heteroatoms. The molecule has 0 aliphatic rings. The van der Waals surface area contributed by atoms with Gasteiger partial charge in [0.15, 0.2) is 5.03 Å². The Morgan fingerprint density at radius 1 is 1.56 bits per heavy atom. The molecule has 0 saturated heterocycles. The van der Waals surface area contributed by atoms with Gasteiger partial charge < -0.3 is 15.9 Å². The number of hydrogen-bond donors (Lipinski definition) is 3. The number of hydrogen-bond acceptors (Lipinski definition) is 6. The number of nitrogens with two attached hydrogens (primary N) is 1. The van der Waals surface area contributed by atoms with Crippen LogP contribution in [0.3, 0.4) is 0 Å². The fourth-order valence-electron chi connectivity index (χ4n) is 1.15. The van der Waals surface area contributed by atoms with Crippen LogP contribution in [0.2, 0.25) is 0 Å². The normalized spacial score (nSPS) is 13.2. The number of aliphatic hydroxyl groups excluding tert-OH is 2. The monoisotopic (exact) mass is 273 g/mol. The average molecular weight is 273 g/mol. The van der Waals surface area contributed by atoms with Gasteiger partial charge in [0.1, 0.15) is 0 Å². The Morgan fingerprint density at radius 2 is 2.22 bits per heavy atom. The first-order valence-electron chi connectivity index (χ1n) is 5.00. The van der Waals surface area contributed by atoms with Crippen molar-refractivity contribution in [2.45, 2.75) is 17.6 Å². The molecule has 18 heavy (non-hydrogen) atoms. The van der Waals surface area contributed by atoms with Gasteiger partial charge in [-0.25, -0.2) is 13.4 Å². The molecule has 0 aromatic carbocycles. The van der Waals surface area contributed by atoms with E-state index in [0.717, 1.165) is 0 Å². The minimum Gasteiger partial charge on any atom is -0.394 e. The second-order valence-corrected chi connectivity index (χ2v) is 5.35. The Hall–Kier alpha value is -1.51. The zero-order valence-corrected chi connectivity index (χ0v) is 10.2. The van der Waals surface area contributed by atoms with Gasteiger partial charge in [-0.2, -0.15) is 0 Å². The van der Waals surface area contributed by atoms with Crippen LogP contribution in [-0.2, 0) is 9.84 Å². The number of carbonyl (C=O) groups is 1. The summed E-state index contributed by atoms with van der Waals surface area (Å²) in [6.07, 6.45) is 1.96. The van der Waals surface area contributed by atoms with Crippen LogP contribution < -0.4 is 5.73 Å². The quantitative estimate of drug-likeness (QED) is 0.645. The standard InChI is InChI=1S/C10H13N2O5S/c11-10(15)18(16,17)9-5-7(3-4-12-9)1-2-8(14)6-13/h1,3-5,8,13-14H,2,6H2,(H2,11,15)/t8-/m1/s1. The van der Waals surface area contributed by atoms with E-state index in [-0.39, 0.29) is 6.42 Å². The van der Waals surface area contributed by atoms with Gasteiger partial charge in [0.25, 0.3) is 9.84 Å². The minimum atomic E-state index is -4.25. The molecule has 0 bridgehead atoms. The number of pyridine rings is 1. The molecule has 0 aliphatic heterocycles. The summed E-state index contributed by atoms with van der Waals surface area (Å²) in [6.45, 7) is -0.395. The van der Waals surface area contributed by atoms with Crippen molar-refractivity contribution in [2.75, 3.05) is 6.61 Å². The summed E-state index contributed by atoms with van der Waals surface area (Å²) in [5, 5.41) is 15.9. The Bertz CT molecular complexity index is 529. The fourth-order valence-corrected chi connectivity index (χ4v) is 1.85. The molecule has 4 N–H and O–H groups in total. The SMILES string of the molecule is NC(=O)S(=O)(=O)c1cc([CH]C[C@@H](O)CO)ccn1. The van der Waals surface area contributed by atoms with Crippen LogP contribution in [0.25, 0.3) is 0 Å². The molecule has 0 unspecified atom stereocenters. The van der Waals surface area contributed by atoms with Crippen molar-refractivity contribution in [3.8, 4) is 0 Å². The third kappa shape index (κ3) is 3.49. The zero-order valence-electron chi connectivity index (χ0n) is 9.35. The maximum absolute atomic E-state index is 11.4. The van der Waals surface area contributed by atoms with Gasteiger partial charge in [-0.15, -0.1) is 0 Å². The van der Waals surface area contributed by atoms with Gasteiger partial charge in [0, 0.05) is 6.20 Å². The second kappa shape index (κ2) is 5.89. The van der Waals surface area contributed by atoms with Gasteiger partial charge in [-0.1, -0.05) is 0 Å². The summed E-state index contributed by atoms with van der Waals surface area (Å²) in [5.41, 5.74) is 5.20. The summed E-state index contributed by atoms with van der Waals surface area (Å²) in [6, 6.07) is 2.67. The Labute approximate surface area is 104 Å². The molecular weight excluding hydrogens is 260 g/mol. The van der Waals surface area contributed by atoms with Crippen molar-refractivity contribution in [3.63, 3.8) is 0 Å². The Kier molecular flexibility index (Phi) is 4.76. The van der Waals surface area contributed by atoms with Crippen LogP contribution in [0.5, 0.6) is 0 Å². The molecule has 0 fully saturated rings. The summed E-state index contributed by atoms with van der Waals surface area (Å²) >= 11 is 0. The molecule has 1 atom stereocenters. The number of aliphatic hydroxyl groups is 2. The molecule has 1 radical (unpaired) electrons. The van der Waals surface area contributed by atoms with Gasteiger partial charge in [-0.3, -0.25) is 4.79 Å². The maximum atomic E-state index is 11.4. The van der Waals surface area contributed by atoms with Crippen molar-refractivity contribution in [3.05, 3.63) is 30.3 Å². The number of rotatable bonds is 5. The lowest BCUT2D eigenvalue weighted by Crippen LogP contribution is -2.22. The molecule has 1 rings (SSSR count). The Balaban J connectivity index is 2.90. The highest BCUT2D eigenvalue weighted by Gasteiger charge is 2.23. The van der Waals surface area contributed by atoms with Crippen molar-refractivity contribution in [1.29, 1.82) is 0 Å². The van der Waals surface area contributed by atoms with Crippen LogP contribution in [0.4, 0.5) is 4.79 Å². The molecular formula is C10H13N2O5S. The molecule has 7 nitrogen and oxygen atoms in total. The molecule has 0 saturated carbocycles. The summed E-state index contributed by atoms with van der Waals surface area (Å²) in [5.74, 6) is 0. The highest BCUT2D eigenvalue weighted by atomic mass is 32.2. The highest BCUT2D eigenvalue weighted by molar-refractivity contribution is 8.05. The van der Waals surface area contributed by atoms with Crippen LogP contribution in [0.1, 0.15) is 12.0 Å². The molecule has 1 amide bonds. The number of primary amides is 1. The average Bonchev–Trinajstić information content (AvgIpc) is 2.36. The van der Waals surface area contributed by atoms with Gasteiger partial charge in [0.2, 0.25) is 0 Å². The summed E-state index contributed by atoms with van der Waals surface area (Å²) < 4.78 is 22.9. The number of carbonyl (C=O) groups excluding carboxylic acids is 1. The van der Waals surface area contributed by atoms with E-state index in [1.54, 1.807) is 0 Å². The molecule has 1 heterocycles. The largest absolute Gasteiger partial charge is 0.394 e. The van der Waals surface area contributed by atoms with Crippen molar-refractivity contribution >= 4 is 15.1 Å². The number of amides is 1. The van der Waals surface area contributed by atoms with E-state index >= 15 is 0 Å². The van der Waals surface area contributed by atoms with Crippen LogP contribution in [-0.4, -0.2) is 41.6 Å². The molecule has 1 aromatic rings. The van der Waals surface area contributed by atoms with E-state index < -0.39 is 32.8 Å². The van der Waals surface area contributed by atoms with E-state index in [1.807, 2.05) is 0 Å². The number of nitrogens with zero attached hydrogens (tertiary/aromatic N) is 1. The lowest BCUT2D eigenvalue weighted by Gasteiger charge is -2.07. The van der Waals surface area contributed by atoms with Gasteiger partial charge in [0.05, 0.1) is 12.7 Å². The molecule has 99 valence electrons. The van der Waals surface area contributed by atoms with E-state index in [1.165, 1.54) is 24.8 Å². The van der Waals surface area contributed by atoms with E-state index in [9.17, 15) is 13.2 Å². The van der Waals surface area contributed by atoms with Gasteiger partial charge in [-0.05, 0) is 30.5 Å². The zero-order chi connectivity index (χ0) is 13.8. The van der Waals surface area contributed by atoms with Crippen molar-refractivity contribution in [1.82, 2.24) is 4.98 Å². The fraction of sp³-hybridized carbons (Fsp3) is 0.300. The molecule has 0 aliphatic carbocycles. The van der Waals surface area contributed by atoms with Crippen molar-refractivity contribution in [2.24, 2.45) is 5.73 Å². The first-order valence-corrected chi connectivity index (χ1v) is 6.49. The molecule has 0 spiro atoms. The van der Waals surface area contributed by atoms with E-state index in [4.69, 9.17) is 15.9 Å².